The van der Waals surface area contributed by atoms with Crippen LogP contribution in [0, 0.1) is 5.92 Å². The van der Waals surface area contributed by atoms with Gasteiger partial charge in [0.2, 0.25) is 0 Å². The summed E-state index contributed by atoms with van der Waals surface area (Å²) in [5, 5.41) is 8.50. The summed E-state index contributed by atoms with van der Waals surface area (Å²) in [5.41, 5.74) is 1.31. The van der Waals surface area contributed by atoms with Crippen LogP contribution in [-0.2, 0) is 4.74 Å². The van der Waals surface area contributed by atoms with Crippen LogP contribution in [0.1, 0.15) is 48.3 Å². The van der Waals surface area contributed by atoms with Gasteiger partial charge in [-0.15, -0.1) is 10.2 Å². The van der Waals surface area contributed by atoms with Crippen LogP contribution in [0.25, 0.3) is 5.65 Å². The van der Waals surface area contributed by atoms with Gasteiger partial charge in [0, 0.05) is 12.1 Å². The lowest BCUT2D eigenvalue weighted by atomic mass is 9.97. The largest absolute Gasteiger partial charge is 0.465 e. The van der Waals surface area contributed by atoms with Crippen molar-refractivity contribution in [1.29, 1.82) is 0 Å². The highest BCUT2D eigenvalue weighted by Crippen LogP contribution is 2.38. The Morgan fingerprint density at radius 3 is 2.89 bits per heavy atom. The molecular formula is C14H17N3O2. The fourth-order valence-corrected chi connectivity index (χ4v) is 2.93. The Labute approximate surface area is 111 Å². The molecule has 0 radical (unpaired) electrons. The lowest BCUT2D eigenvalue weighted by Gasteiger charge is -2.13. The summed E-state index contributed by atoms with van der Waals surface area (Å²) in [5.74, 6) is 1.68. The van der Waals surface area contributed by atoms with Crippen LogP contribution in [0.5, 0.6) is 0 Å². The molecule has 5 nitrogen and oxygen atoms in total. The highest BCUT2D eigenvalue weighted by Gasteiger charge is 2.29. The first-order valence-corrected chi connectivity index (χ1v) is 6.63. The van der Waals surface area contributed by atoms with E-state index in [1.54, 1.807) is 12.3 Å². The van der Waals surface area contributed by atoms with E-state index in [4.69, 9.17) is 4.74 Å². The molecule has 0 bridgehead atoms. The molecule has 0 spiro atoms. The highest BCUT2D eigenvalue weighted by molar-refractivity contribution is 5.89. The van der Waals surface area contributed by atoms with Gasteiger partial charge in [0.15, 0.2) is 5.65 Å². The van der Waals surface area contributed by atoms with Crippen molar-refractivity contribution < 1.29 is 9.53 Å². The molecule has 2 atom stereocenters. The number of hydrogen-bond donors (Lipinski definition) is 0. The summed E-state index contributed by atoms with van der Waals surface area (Å²) in [7, 11) is 1.39. The molecule has 0 aromatic carbocycles. The molecule has 5 heteroatoms. The predicted octanol–water partition coefficient (Wildman–Crippen LogP) is 2.42. The van der Waals surface area contributed by atoms with Crippen LogP contribution in [0.15, 0.2) is 18.3 Å². The van der Waals surface area contributed by atoms with Gasteiger partial charge in [0.05, 0.1) is 12.7 Å². The molecule has 2 unspecified atom stereocenters. The van der Waals surface area contributed by atoms with Crippen LogP contribution < -0.4 is 0 Å². The Kier molecular flexibility index (Phi) is 2.97. The Hall–Kier alpha value is -1.91. The minimum atomic E-state index is -0.332. The zero-order valence-corrected chi connectivity index (χ0v) is 11.2. The Bertz CT molecular complexity index is 620. The summed E-state index contributed by atoms with van der Waals surface area (Å²) in [6, 6.07) is 3.53. The molecular weight excluding hydrogens is 242 g/mol. The van der Waals surface area contributed by atoms with Gasteiger partial charge in [-0.2, -0.15) is 0 Å². The molecule has 0 aliphatic heterocycles. The third-order valence-corrected chi connectivity index (χ3v) is 4.04. The summed E-state index contributed by atoms with van der Waals surface area (Å²) in [6.07, 6.45) is 5.39. The SMILES string of the molecule is COC(=O)c1ccc2nnc(C3CCCC3C)n2c1. The molecule has 100 valence electrons. The molecule has 3 rings (SSSR count). The van der Waals surface area contributed by atoms with Gasteiger partial charge in [0.25, 0.3) is 0 Å². The zero-order valence-electron chi connectivity index (χ0n) is 11.2. The normalized spacial score (nSPS) is 22.8. The molecule has 1 fully saturated rings. The van der Waals surface area contributed by atoms with Crippen molar-refractivity contribution in [1.82, 2.24) is 14.6 Å². The summed E-state index contributed by atoms with van der Waals surface area (Å²) < 4.78 is 6.68. The van der Waals surface area contributed by atoms with Gasteiger partial charge in [0.1, 0.15) is 5.82 Å². The van der Waals surface area contributed by atoms with Crippen LogP contribution in [0.2, 0.25) is 0 Å². The van der Waals surface area contributed by atoms with E-state index in [1.807, 2.05) is 10.5 Å². The number of nitrogens with zero attached hydrogens (tertiary/aromatic N) is 3. The zero-order chi connectivity index (χ0) is 13.4. The quantitative estimate of drug-likeness (QED) is 0.777. The van der Waals surface area contributed by atoms with E-state index in [2.05, 4.69) is 17.1 Å². The first kappa shape index (κ1) is 12.1. The van der Waals surface area contributed by atoms with Crippen molar-refractivity contribution in [2.75, 3.05) is 7.11 Å². The van der Waals surface area contributed by atoms with Crippen LogP contribution >= 0.6 is 0 Å². The molecule has 0 N–H and O–H groups in total. The third-order valence-electron chi connectivity index (χ3n) is 4.04. The topological polar surface area (TPSA) is 56.5 Å². The maximum atomic E-state index is 11.6. The second kappa shape index (κ2) is 4.64. The van der Waals surface area contributed by atoms with E-state index in [-0.39, 0.29) is 5.97 Å². The molecule has 0 amide bonds. The van der Waals surface area contributed by atoms with Gasteiger partial charge in [-0.3, -0.25) is 4.40 Å². The smallest absolute Gasteiger partial charge is 0.339 e. The van der Waals surface area contributed by atoms with E-state index in [1.165, 1.54) is 20.0 Å². The number of carbonyl (C=O) groups excluding carboxylic acids is 1. The van der Waals surface area contributed by atoms with Crippen molar-refractivity contribution in [3.63, 3.8) is 0 Å². The van der Waals surface area contributed by atoms with Crippen LogP contribution in [-0.4, -0.2) is 27.7 Å². The number of methoxy groups -OCH3 is 1. The van der Waals surface area contributed by atoms with E-state index < -0.39 is 0 Å². The molecule has 2 heterocycles. The monoisotopic (exact) mass is 259 g/mol. The highest BCUT2D eigenvalue weighted by atomic mass is 16.5. The maximum absolute atomic E-state index is 11.6. The summed E-state index contributed by atoms with van der Waals surface area (Å²) >= 11 is 0. The van der Waals surface area contributed by atoms with Crippen LogP contribution in [0.3, 0.4) is 0 Å². The lowest BCUT2D eigenvalue weighted by Crippen LogP contribution is -2.09. The minimum Gasteiger partial charge on any atom is -0.465 e. The second-order valence-corrected chi connectivity index (χ2v) is 5.21. The Morgan fingerprint density at radius 1 is 1.37 bits per heavy atom. The fourth-order valence-electron chi connectivity index (χ4n) is 2.93. The predicted molar refractivity (Wildman–Crippen MR) is 70.1 cm³/mol. The van der Waals surface area contributed by atoms with E-state index >= 15 is 0 Å². The second-order valence-electron chi connectivity index (χ2n) is 5.21. The van der Waals surface area contributed by atoms with Crippen molar-refractivity contribution in [3.05, 3.63) is 29.7 Å². The van der Waals surface area contributed by atoms with E-state index in [0.717, 1.165) is 17.9 Å². The van der Waals surface area contributed by atoms with E-state index in [0.29, 0.717) is 17.4 Å². The molecule has 1 saturated carbocycles. The number of hydrogen-bond acceptors (Lipinski definition) is 4. The molecule has 1 aliphatic carbocycles. The number of carbonyl (C=O) groups is 1. The number of rotatable bonds is 2. The molecule has 0 saturated heterocycles. The van der Waals surface area contributed by atoms with Gasteiger partial charge in [-0.1, -0.05) is 13.3 Å². The number of aromatic nitrogens is 3. The van der Waals surface area contributed by atoms with E-state index in [9.17, 15) is 4.79 Å². The molecule has 2 aromatic heterocycles. The van der Waals surface area contributed by atoms with Crippen molar-refractivity contribution >= 4 is 11.6 Å². The van der Waals surface area contributed by atoms with Gasteiger partial charge >= 0.3 is 5.97 Å². The number of ether oxygens (including phenoxy) is 1. The van der Waals surface area contributed by atoms with Gasteiger partial charge in [-0.05, 0) is 30.9 Å². The average molecular weight is 259 g/mol. The number of fused-ring (bicyclic) bond motifs is 1. The maximum Gasteiger partial charge on any atom is 0.339 e. The van der Waals surface area contributed by atoms with Gasteiger partial charge < -0.3 is 4.74 Å². The van der Waals surface area contributed by atoms with Crippen molar-refractivity contribution in [2.45, 2.75) is 32.1 Å². The Morgan fingerprint density at radius 2 is 2.21 bits per heavy atom. The first-order valence-electron chi connectivity index (χ1n) is 6.63. The number of esters is 1. The molecule has 19 heavy (non-hydrogen) atoms. The number of pyridine rings is 1. The molecule has 2 aromatic rings. The first-order chi connectivity index (χ1) is 9.20. The lowest BCUT2D eigenvalue weighted by molar-refractivity contribution is 0.0600. The van der Waals surface area contributed by atoms with Gasteiger partial charge in [-0.25, -0.2) is 4.79 Å². The Balaban J connectivity index is 2.07. The van der Waals surface area contributed by atoms with Crippen molar-refractivity contribution in [2.24, 2.45) is 5.92 Å². The standard InChI is InChI=1S/C14H17N3O2/c1-9-4-3-5-11(9)13-16-15-12-7-6-10(8-17(12)13)14(18)19-2/h6-9,11H,3-5H2,1-2H3. The third kappa shape index (κ3) is 1.99. The summed E-state index contributed by atoms with van der Waals surface area (Å²) in [6.45, 7) is 2.25. The molecule has 1 aliphatic rings. The van der Waals surface area contributed by atoms with Crippen molar-refractivity contribution in [3.8, 4) is 0 Å². The van der Waals surface area contributed by atoms with Crippen LogP contribution in [0.4, 0.5) is 0 Å². The average Bonchev–Trinajstić information content (AvgIpc) is 3.02. The minimum absolute atomic E-state index is 0.332. The summed E-state index contributed by atoms with van der Waals surface area (Å²) in [4.78, 5) is 11.6. The fraction of sp³-hybridized carbons (Fsp3) is 0.500.